The maximum Gasteiger partial charge on any atom is 0.148 e. The predicted octanol–water partition coefficient (Wildman–Crippen LogP) is 2.16. The van der Waals surface area contributed by atoms with Crippen molar-refractivity contribution in [3.8, 4) is 0 Å². The summed E-state index contributed by atoms with van der Waals surface area (Å²) >= 11 is 0. The van der Waals surface area contributed by atoms with Crippen LogP contribution in [0.4, 0.5) is 21.7 Å². The highest BCUT2D eigenvalue weighted by Crippen LogP contribution is 2.36. The second kappa shape index (κ2) is 5.05. The van der Waals surface area contributed by atoms with Crippen LogP contribution in [0.25, 0.3) is 0 Å². The molecule has 1 aliphatic rings. The molecule has 0 spiro atoms. The molecule has 0 aliphatic carbocycles. The summed E-state index contributed by atoms with van der Waals surface area (Å²) in [5.41, 5.74) is 5.54. The van der Waals surface area contributed by atoms with E-state index in [0.717, 1.165) is 42.0 Å². The van der Waals surface area contributed by atoms with Crippen molar-refractivity contribution < 1.29 is 4.39 Å². The number of fused-ring (bicyclic) bond motifs is 1. The molecule has 6 heteroatoms. The van der Waals surface area contributed by atoms with Gasteiger partial charge in [-0.05, 0) is 30.5 Å². The van der Waals surface area contributed by atoms with Crippen LogP contribution in [0.5, 0.6) is 0 Å². The minimum Gasteiger partial charge on any atom is -0.325 e. The Hall–Kier alpha value is -2.21. The highest BCUT2D eigenvalue weighted by Gasteiger charge is 2.24. The zero-order valence-electron chi connectivity index (χ0n) is 11.2. The summed E-state index contributed by atoms with van der Waals surface area (Å²) in [5.74, 6) is 6.66. The van der Waals surface area contributed by atoms with E-state index in [9.17, 15) is 4.39 Å². The number of anilines is 3. The van der Waals surface area contributed by atoms with Crippen molar-refractivity contribution in [2.45, 2.75) is 19.8 Å². The van der Waals surface area contributed by atoms with Crippen molar-refractivity contribution in [2.24, 2.45) is 5.84 Å². The summed E-state index contributed by atoms with van der Waals surface area (Å²) in [6.45, 7) is 2.80. The first-order chi connectivity index (χ1) is 9.74. The lowest BCUT2D eigenvalue weighted by Gasteiger charge is -2.22. The molecule has 5 nitrogen and oxygen atoms in total. The fourth-order valence-corrected chi connectivity index (χ4v) is 2.66. The highest BCUT2D eigenvalue weighted by molar-refractivity contribution is 5.72. The van der Waals surface area contributed by atoms with Gasteiger partial charge in [0.15, 0.2) is 0 Å². The number of nitrogens with two attached hydrogens (primary N) is 1. The first kappa shape index (κ1) is 12.8. The van der Waals surface area contributed by atoms with Gasteiger partial charge in [0, 0.05) is 17.8 Å². The molecule has 0 unspecified atom stereocenters. The number of nitrogens with zero attached hydrogens (tertiary/aromatic N) is 3. The van der Waals surface area contributed by atoms with Crippen molar-refractivity contribution in [2.75, 3.05) is 16.9 Å². The number of aromatic nitrogens is 2. The zero-order chi connectivity index (χ0) is 14.1. The minimum absolute atomic E-state index is 0.236. The maximum atomic E-state index is 13.5. The Balaban J connectivity index is 2.10. The van der Waals surface area contributed by atoms with Gasteiger partial charge in [0.25, 0.3) is 0 Å². The summed E-state index contributed by atoms with van der Waals surface area (Å²) in [6.07, 6.45) is 3.10. The van der Waals surface area contributed by atoms with Crippen LogP contribution in [0, 0.1) is 5.82 Å². The number of hydrogen-bond acceptors (Lipinski definition) is 5. The molecule has 3 rings (SSSR count). The topological polar surface area (TPSA) is 67.1 Å². The molecular weight excluding hydrogens is 257 g/mol. The molecule has 0 amide bonds. The van der Waals surface area contributed by atoms with Gasteiger partial charge in [-0.25, -0.2) is 20.2 Å². The molecule has 1 aromatic carbocycles. The Morgan fingerprint density at radius 2 is 2.25 bits per heavy atom. The highest BCUT2D eigenvalue weighted by atomic mass is 19.1. The standard InChI is InChI=1S/C14H16FN5/c1-2-11-13(19-16)17-8-18-14(11)20-6-5-9-3-4-10(15)7-12(9)20/h3-4,7-8H,2,5-6,16H2,1H3,(H,17,18,19). The lowest BCUT2D eigenvalue weighted by atomic mass is 10.1. The Kier molecular flexibility index (Phi) is 3.23. The lowest BCUT2D eigenvalue weighted by Crippen LogP contribution is -2.20. The van der Waals surface area contributed by atoms with E-state index >= 15 is 0 Å². The van der Waals surface area contributed by atoms with Gasteiger partial charge in [0.1, 0.15) is 23.8 Å². The molecule has 2 heterocycles. The predicted molar refractivity (Wildman–Crippen MR) is 76.3 cm³/mol. The average molecular weight is 273 g/mol. The molecule has 0 saturated heterocycles. The molecule has 104 valence electrons. The van der Waals surface area contributed by atoms with E-state index < -0.39 is 0 Å². The Morgan fingerprint density at radius 1 is 1.40 bits per heavy atom. The fraction of sp³-hybridized carbons (Fsp3) is 0.286. The van der Waals surface area contributed by atoms with E-state index in [-0.39, 0.29) is 5.82 Å². The van der Waals surface area contributed by atoms with Crippen LogP contribution in [0.1, 0.15) is 18.1 Å². The molecule has 0 fully saturated rings. The summed E-state index contributed by atoms with van der Waals surface area (Å²) in [6, 6.07) is 4.88. The van der Waals surface area contributed by atoms with Crippen molar-refractivity contribution in [1.82, 2.24) is 9.97 Å². The van der Waals surface area contributed by atoms with Gasteiger partial charge in [0.2, 0.25) is 0 Å². The largest absolute Gasteiger partial charge is 0.325 e. The van der Waals surface area contributed by atoms with Gasteiger partial charge in [-0.1, -0.05) is 13.0 Å². The van der Waals surface area contributed by atoms with Gasteiger partial charge in [0.05, 0.1) is 0 Å². The third-order valence-corrected chi connectivity index (χ3v) is 3.61. The molecule has 0 bridgehead atoms. The third-order valence-electron chi connectivity index (χ3n) is 3.61. The molecule has 2 aromatic rings. The minimum atomic E-state index is -0.236. The first-order valence-corrected chi connectivity index (χ1v) is 6.61. The van der Waals surface area contributed by atoms with Crippen molar-refractivity contribution in [3.63, 3.8) is 0 Å². The molecule has 20 heavy (non-hydrogen) atoms. The second-order valence-electron chi connectivity index (χ2n) is 4.70. The molecule has 0 atom stereocenters. The van der Waals surface area contributed by atoms with Gasteiger partial charge in [-0.3, -0.25) is 0 Å². The molecule has 1 aromatic heterocycles. The van der Waals surface area contributed by atoms with Crippen LogP contribution in [-0.4, -0.2) is 16.5 Å². The van der Waals surface area contributed by atoms with Crippen LogP contribution >= 0.6 is 0 Å². The van der Waals surface area contributed by atoms with E-state index in [1.54, 1.807) is 6.07 Å². The number of nitrogens with one attached hydrogen (secondary N) is 1. The van der Waals surface area contributed by atoms with Crippen LogP contribution in [0.2, 0.25) is 0 Å². The number of halogens is 1. The van der Waals surface area contributed by atoms with Crippen LogP contribution < -0.4 is 16.2 Å². The molecular formula is C14H16FN5. The Morgan fingerprint density at radius 3 is 3.00 bits per heavy atom. The monoisotopic (exact) mass is 273 g/mol. The van der Waals surface area contributed by atoms with Gasteiger partial charge in [-0.15, -0.1) is 0 Å². The van der Waals surface area contributed by atoms with Crippen LogP contribution in [-0.2, 0) is 12.8 Å². The van der Waals surface area contributed by atoms with Crippen molar-refractivity contribution in [3.05, 3.63) is 41.5 Å². The van der Waals surface area contributed by atoms with Gasteiger partial charge >= 0.3 is 0 Å². The van der Waals surface area contributed by atoms with Crippen molar-refractivity contribution in [1.29, 1.82) is 0 Å². The number of benzene rings is 1. The van der Waals surface area contributed by atoms with Crippen molar-refractivity contribution >= 4 is 17.3 Å². The third kappa shape index (κ3) is 1.98. The molecule has 1 aliphatic heterocycles. The maximum absolute atomic E-state index is 13.5. The fourth-order valence-electron chi connectivity index (χ4n) is 2.66. The van der Waals surface area contributed by atoms with E-state index in [1.165, 1.54) is 12.4 Å². The molecule has 0 radical (unpaired) electrons. The SMILES string of the molecule is CCc1c(NN)ncnc1N1CCc2ccc(F)cc21. The summed E-state index contributed by atoms with van der Waals surface area (Å²) in [4.78, 5) is 10.5. The Bertz CT molecular complexity index is 643. The summed E-state index contributed by atoms with van der Waals surface area (Å²) in [5, 5.41) is 0. The number of hydrogen-bond donors (Lipinski definition) is 2. The molecule has 0 saturated carbocycles. The van der Waals surface area contributed by atoms with Crippen LogP contribution in [0.3, 0.4) is 0 Å². The van der Waals surface area contributed by atoms with E-state index in [2.05, 4.69) is 15.4 Å². The summed E-state index contributed by atoms with van der Waals surface area (Å²) in [7, 11) is 0. The first-order valence-electron chi connectivity index (χ1n) is 6.61. The van der Waals surface area contributed by atoms with Crippen LogP contribution in [0.15, 0.2) is 24.5 Å². The summed E-state index contributed by atoms with van der Waals surface area (Å²) < 4.78 is 13.5. The number of nitrogen functional groups attached to an aromatic ring is 1. The van der Waals surface area contributed by atoms with E-state index in [0.29, 0.717) is 5.82 Å². The molecule has 3 N–H and O–H groups in total. The Labute approximate surface area is 116 Å². The lowest BCUT2D eigenvalue weighted by molar-refractivity contribution is 0.628. The van der Waals surface area contributed by atoms with Gasteiger partial charge in [-0.2, -0.15) is 0 Å². The van der Waals surface area contributed by atoms with Gasteiger partial charge < -0.3 is 10.3 Å². The number of hydrazine groups is 1. The quantitative estimate of drug-likeness (QED) is 0.662. The average Bonchev–Trinajstić information content (AvgIpc) is 2.89. The normalized spacial score (nSPS) is 13.4. The van der Waals surface area contributed by atoms with E-state index in [4.69, 9.17) is 5.84 Å². The zero-order valence-corrected chi connectivity index (χ0v) is 11.2. The number of rotatable bonds is 3. The van der Waals surface area contributed by atoms with E-state index in [1.807, 2.05) is 17.9 Å². The second-order valence-corrected chi connectivity index (χ2v) is 4.70. The smallest absolute Gasteiger partial charge is 0.148 e.